The Hall–Kier alpha value is -2.14. The number of aliphatic carboxylic acids is 2. The van der Waals surface area contributed by atoms with Crippen LogP contribution in [0.4, 0.5) is 4.39 Å². The van der Waals surface area contributed by atoms with E-state index in [1.807, 2.05) is 19.9 Å². The van der Waals surface area contributed by atoms with Gasteiger partial charge in [-0.2, -0.15) is 0 Å². The zero-order valence-electron chi connectivity index (χ0n) is 14.2. The Morgan fingerprint density at radius 3 is 2.48 bits per heavy atom. The Morgan fingerprint density at radius 1 is 1.32 bits per heavy atom. The third-order valence-corrected chi connectivity index (χ3v) is 4.79. The van der Waals surface area contributed by atoms with E-state index in [-0.39, 0.29) is 17.9 Å². The fourth-order valence-corrected chi connectivity index (χ4v) is 3.18. The molecule has 0 heterocycles. The van der Waals surface area contributed by atoms with Gasteiger partial charge in [0, 0.05) is 5.02 Å². The molecule has 0 aliphatic heterocycles. The van der Waals surface area contributed by atoms with Crippen molar-refractivity contribution < 1.29 is 24.2 Å². The molecule has 1 aromatic rings. The Bertz CT molecular complexity index is 782. The number of carbonyl (C=O) groups is 2. The van der Waals surface area contributed by atoms with Crippen LogP contribution < -0.4 is 0 Å². The maximum atomic E-state index is 14.8. The third kappa shape index (κ3) is 3.61. The number of alkyl halides is 1. The zero-order valence-corrected chi connectivity index (χ0v) is 15.0. The summed E-state index contributed by atoms with van der Waals surface area (Å²) >= 11 is 6.05. The summed E-state index contributed by atoms with van der Waals surface area (Å²) in [5, 5.41) is 19.2. The van der Waals surface area contributed by atoms with Crippen LogP contribution in [0.15, 0.2) is 41.5 Å². The van der Waals surface area contributed by atoms with E-state index in [9.17, 15) is 24.2 Å². The maximum absolute atomic E-state index is 14.8. The van der Waals surface area contributed by atoms with Crippen LogP contribution in [-0.4, -0.2) is 28.3 Å². The van der Waals surface area contributed by atoms with Crippen molar-refractivity contribution in [1.29, 1.82) is 0 Å². The van der Waals surface area contributed by atoms with Crippen LogP contribution in [-0.2, 0) is 16.0 Å². The molecule has 0 bridgehead atoms. The molecule has 4 nitrogen and oxygen atoms in total. The topological polar surface area (TPSA) is 74.6 Å². The lowest BCUT2D eigenvalue weighted by atomic mass is 9.74. The highest BCUT2D eigenvalue weighted by molar-refractivity contribution is 6.30. The second-order valence-corrected chi connectivity index (χ2v) is 7.14. The van der Waals surface area contributed by atoms with Crippen molar-refractivity contribution in [3.63, 3.8) is 0 Å². The van der Waals surface area contributed by atoms with Gasteiger partial charge in [0.1, 0.15) is 5.41 Å². The van der Waals surface area contributed by atoms with Crippen LogP contribution in [0.2, 0.25) is 5.02 Å². The molecule has 0 spiro atoms. The van der Waals surface area contributed by atoms with Crippen molar-refractivity contribution in [3.8, 4) is 0 Å². The summed E-state index contributed by atoms with van der Waals surface area (Å²) in [6, 6.07) is 5.35. The summed E-state index contributed by atoms with van der Waals surface area (Å²) in [5.74, 6) is -2.67. The van der Waals surface area contributed by atoms with Gasteiger partial charge >= 0.3 is 11.9 Å². The molecule has 0 saturated carbocycles. The summed E-state index contributed by atoms with van der Waals surface area (Å²) in [5.41, 5.74) is -0.374. The van der Waals surface area contributed by atoms with Crippen LogP contribution in [0, 0.1) is 5.41 Å². The number of carboxylic acids is 2. The summed E-state index contributed by atoms with van der Waals surface area (Å²) in [6.45, 7) is 5.17. The van der Waals surface area contributed by atoms with Gasteiger partial charge in [-0.3, -0.25) is 4.79 Å². The van der Waals surface area contributed by atoms with Crippen molar-refractivity contribution in [2.75, 3.05) is 0 Å². The average Bonchev–Trinajstić information content (AvgIpc) is 2.50. The van der Waals surface area contributed by atoms with E-state index < -0.39 is 29.1 Å². The Morgan fingerprint density at radius 2 is 1.96 bits per heavy atom. The van der Waals surface area contributed by atoms with Crippen molar-refractivity contribution in [3.05, 3.63) is 57.6 Å². The number of benzene rings is 1. The van der Waals surface area contributed by atoms with Gasteiger partial charge < -0.3 is 10.2 Å². The molecule has 6 heteroatoms. The number of rotatable bonds is 5. The summed E-state index contributed by atoms with van der Waals surface area (Å²) in [6.07, 6.45) is 0.659. The van der Waals surface area contributed by atoms with Crippen LogP contribution in [0.1, 0.15) is 37.8 Å². The van der Waals surface area contributed by atoms with Crippen molar-refractivity contribution in [2.24, 2.45) is 5.41 Å². The summed E-state index contributed by atoms with van der Waals surface area (Å²) in [7, 11) is 0. The smallest absolute Gasteiger partial charge is 0.334 e. The van der Waals surface area contributed by atoms with Crippen LogP contribution in [0.25, 0.3) is 0 Å². The predicted molar refractivity (Wildman–Crippen MR) is 93.7 cm³/mol. The van der Waals surface area contributed by atoms with E-state index in [4.69, 9.17) is 11.6 Å². The standard InChI is InChI=1S/C19H20ClFO4/c1-10(2)14-5-4-13(20)9-12(14)8-11-6-7-19(3,18(24)25)16(21)15(11)17(22)23/h4-7,9-10,16H,8H2,1-3H3,(H,22,23)(H,24,25). The van der Waals surface area contributed by atoms with E-state index >= 15 is 0 Å². The molecule has 2 N–H and O–H groups in total. The largest absolute Gasteiger partial charge is 0.481 e. The second-order valence-electron chi connectivity index (χ2n) is 6.70. The first-order valence-corrected chi connectivity index (χ1v) is 8.27. The van der Waals surface area contributed by atoms with Gasteiger partial charge in [-0.1, -0.05) is 43.7 Å². The molecule has 0 radical (unpaired) electrons. The van der Waals surface area contributed by atoms with E-state index in [1.54, 1.807) is 12.1 Å². The number of halogens is 2. The van der Waals surface area contributed by atoms with Gasteiger partial charge in [-0.25, -0.2) is 9.18 Å². The molecule has 2 atom stereocenters. The lowest BCUT2D eigenvalue weighted by Gasteiger charge is -2.30. The molecule has 1 aliphatic carbocycles. The van der Waals surface area contributed by atoms with E-state index in [0.717, 1.165) is 11.1 Å². The van der Waals surface area contributed by atoms with Crippen LogP contribution in [0.5, 0.6) is 0 Å². The molecule has 0 saturated heterocycles. The number of hydrogen-bond acceptors (Lipinski definition) is 2. The number of hydrogen-bond donors (Lipinski definition) is 2. The highest BCUT2D eigenvalue weighted by atomic mass is 35.5. The molecule has 0 amide bonds. The van der Waals surface area contributed by atoms with E-state index in [0.29, 0.717) is 5.02 Å². The summed E-state index contributed by atoms with van der Waals surface area (Å²) in [4.78, 5) is 23.0. The highest BCUT2D eigenvalue weighted by Gasteiger charge is 2.47. The van der Waals surface area contributed by atoms with Gasteiger partial charge in [0.15, 0.2) is 6.17 Å². The SMILES string of the molecule is CC(C)c1ccc(Cl)cc1CC1=C(C(=O)O)C(F)C(C)(C(=O)O)C=C1. The maximum Gasteiger partial charge on any atom is 0.334 e. The molecule has 1 aromatic carbocycles. The van der Waals surface area contributed by atoms with Crippen LogP contribution >= 0.6 is 11.6 Å². The minimum atomic E-state index is -2.14. The molecule has 25 heavy (non-hydrogen) atoms. The second kappa shape index (κ2) is 7.00. The number of carboxylic acid groups (broad SMARTS) is 2. The lowest BCUT2D eigenvalue weighted by Crippen LogP contribution is -2.41. The minimum Gasteiger partial charge on any atom is -0.481 e. The first kappa shape index (κ1) is 19.2. The lowest BCUT2D eigenvalue weighted by molar-refractivity contribution is -0.148. The van der Waals surface area contributed by atoms with E-state index in [1.165, 1.54) is 19.1 Å². The van der Waals surface area contributed by atoms with Crippen LogP contribution in [0.3, 0.4) is 0 Å². The molecule has 2 unspecified atom stereocenters. The van der Waals surface area contributed by atoms with Gasteiger partial charge in [0.05, 0.1) is 5.57 Å². The quantitative estimate of drug-likeness (QED) is 0.810. The highest BCUT2D eigenvalue weighted by Crippen LogP contribution is 2.39. The molecule has 2 rings (SSSR count). The fourth-order valence-electron chi connectivity index (χ4n) is 2.99. The van der Waals surface area contributed by atoms with Crippen molar-refractivity contribution in [1.82, 2.24) is 0 Å². The molecule has 0 aromatic heterocycles. The predicted octanol–water partition coefficient (Wildman–Crippen LogP) is 4.39. The van der Waals surface area contributed by atoms with Gasteiger partial charge in [-0.15, -0.1) is 0 Å². The molecule has 0 fully saturated rings. The minimum absolute atomic E-state index is 0.169. The molecular formula is C19H20ClFO4. The van der Waals surface area contributed by atoms with Gasteiger partial charge in [0.2, 0.25) is 0 Å². The zero-order chi connectivity index (χ0) is 18.9. The first-order valence-electron chi connectivity index (χ1n) is 7.89. The summed E-state index contributed by atoms with van der Waals surface area (Å²) < 4.78 is 14.8. The first-order chi connectivity index (χ1) is 11.6. The number of allylic oxidation sites excluding steroid dienone is 2. The monoisotopic (exact) mass is 366 g/mol. The molecule has 1 aliphatic rings. The van der Waals surface area contributed by atoms with Gasteiger partial charge in [-0.05, 0) is 48.1 Å². The van der Waals surface area contributed by atoms with Crippen molar-refractivity contribution >= 4 is 23.5 Å². The molecule has 134 valence electrons. The third-order valence-electron chi connectivity index (χ3n) is 4.56. The van der Waals surface area contributed by atoms with Gasteiger partial charge in [0.25, 0.3) is 0 Å². The Balaban J connectivity index is 2.53. The molecular weight excluding hydrogens is 347 g/mol. The fraction of sp³-hybridized carbons (Fsp3) is 0.368. The van der Waals surface area contributed by atoms with Crippen molar-refractivity contribution in [2.45, 2.75) is 39.3 Å². The van der Waals surface area contributed by atoms with E-state index in [2.05, 4.69) is 0 Å². The normalized spacial score (nSPS) is 23.2. The average molecular weight is 367 g/mol. The Labute approximate surface area is 150 Å². The Kier molecular flexibility index (Phi) is 5.37.